The Morgan fingerprint density at radius 3 is 2.83 bits per heavy atom. The molecule has 3 fully saturated rings. The van der Waals surface area contributed by atoms with E-state index in [0.717, 1.165) is 19.4 Å². The van der Waals surface area contributed by atoms with Crippen LogP contribution in [0.4, 0.5) is 19.0 Å². The molecule has 5 heterocycles. The number of fused-ring (bicyclic) bond motifs is 3. The number of nitrogens with zero attached hydrogens (tertiary/aromatic N) is 5. The van der Waals surface area contributed by atoms with E-state index < -0.39 is 39.6 Å². The number of rotatable bonds is 7. The number of pyridine rings is 1. The molecule has 0 aliphatic carbocycles. The lowest BCUT2D eigenvalue weighted by Gasteiger charge is -2.31. The van der Waals surface area contributed by atoms with Gasteiger partial charge in [-0.1, -0.05) is 12.0 Å². The minimum absolute atomic E-state index is 0.0588. The zero-order valence-electron chi connectivity index (χ0n) is 24.5. The molecule has 0 saturated carbocycles. The summed E-state index contributed by atoms with van der Waals surface area (Å²) in [6.45, 7) is 1.69. The second-order valence-electron chi connectivity index (χ2n) is 12.1. The van der Waals surface area contributed by atoms with Crippen LogP contribution in [-0.4, -0.2) is 83.9 Å². The Bertz CT molecular complexity index is 2040. The Labute approximate surface area is 262 Å². The van der Waals surface area contributed by atoms with Crippen LogP contribution < -0.4 is 19.5 Å². The third kappa shape index (κ3) is 5.34. The van der Waals surface area contributed by atoms with Gasteiger partial charge in [-0.3, -0.25) is 9.88 Å². The van der Waals surface area contributed by atoms with Crippen LogP contribution in [0.3, 0.4) is 0 Å². The van der Waals surface area contributed by atoms with Gasteiger partial charge in [-0.25, -0.2) is 18.3 Å². The summed E-state index contributed by atoms with van der Waals surface area (Å²) in [5, 5.41) is 16.4. The molecule has 0 radical (unpaired) electrons. The molecule has 3 atom stereocenters. The van der Waals surface area contributed by atoms with E-state index in [9.17, 15) is 22.3 Å². The van der Waals surface area contributed by atoms with Crippen LogP contribution in [0, 0.1) is 24.0 Å². The molecule has 11 nitrogen and oxygen atoms in total. The number of hydrogen-bond acceptors (Lipinski definition) is 9. The van der Waals surface area contributed by atoms with Gasteiger partial charge in [0.2, 0.25) is 0 Å². The van der Waals surface area contributed by atoms with Gasteiger partial charge in [0.1, 0.15) is 41.4 Å². The third-order valence-corrected chi connectivity index (χ3v) is 9.81. The molecular formula is C31H30F3N7O4S. The summed E-state index contributed by atoms with van der Waals surface area (Å²) in [5.41, 5.74) is -0.983. The number of ether oxygens (including phenoxy) is 1. The Morgan fingerprint density at radius 1 is 1.22 bits per heavy atom. The van der Waals surface area contributed by atoms with Gasteiger partial charge in [-0.05, 0) is 49.4 Å². The monoisotopic (exact) mass is 653 g/mol. The number of alkyl halides is 1. The van der Waals surface area contributed by atoms with E-state index in [1.54, 1.807) is 4.90 Å². The first-order valence-electron chi connectivity index (χ1n) is 14.8. The highest BCUT2D eigenvalue weighted by atomic mass is 32.2. The van der Waals surface area contributed by atoms with Crippen LogP contribution in [0.5, 0.6) is 11.8 Å². The number of terminal acetylenes is 1. The fourth-order valence-electron chi connectivity index (χ4n) is 7.20. The Morgan fingerprint density at radius 2 is 2.04 bits per heavy atom. The number of halogens is 3. The number of phenolic OH excluding ortho intramolecular Hbond substituents is 1. The fourth-order valence-corrected chi connectivity index (χ4v) is 7.85. The van der Waals surface area contributed by atoms with Crippen LogP contribution in [0.25, 0.3) is 32.9 Å². The molecule has 15 heteroatoms. The van der Waals surface area contributed by atoms with Crippen LogP contribution in [0.1, 0.15) is 31.2 Å². The SMILES string of the molecule is C#Cc1c(F)ccc2cc(O)cc(-c3ncc4c(N5CCC(NS(N)(=O)=O)C5)nc(OC[C@@]56CCCN5C[C@H](F)C6)nc4c3F)c12. The minimum Gasteiger partial charge on any atom is -0.508 e. The second kappa shape index (κ2) is 11.2. The van der Waals surface area contributed by atoms with Crippen molar-refractivity contribution in [2.45, 2.75) is 43.4 Å². The van der Waals surface area contributed by atoms with Gasteiger partial charge in [-0.2, -0.15) is 23.1 Å². The maximum atomic E-state index is 16.7. The minimum atomic E-state index is -3.97. The highest BCUT2D eigenvalue weighted by molar-refractivity contribution is 7.87. The van der Waals surface area contributed by atoms with Crippen molar-refractivity contribution in [3.63, 3.8) is 0 Å². The topological polar surface area (TPSA) is 147 Å². The van der Waals surface area contributed by atoms with Crippen molar-refractivity contribution in [2.75, 3.05) is 37.7 Å². The van der Waals surface area contributed by atoms with Crippen molar-refractivity contribution in [2.24, 2.45) is 5.14 Å². The predicted octanol–water partition coefficient (Wildman–Crippen LogP) is 3.14. The van der Waals surface area contributed by atoms with Gasteiger partial charge in [0.05, 0.1) is 16.5 Å². The standard InChI is InChI=1S/C31H30F3N7O4S/c1-2-21-24(33)5-4-17-10-20(42)11-22(25(17)21)27-26(34)28-23(13-36-27)29(40-9-6-19(15-40)39-46(35,43)44)38-30(37-28)45-16-31-7-3-8-41(31)14-18(32)12-31/h1,4-5,10-11,13,18-19,39,42H,3,6-9,12,14-16H2,(H2,35,43,44)/t18-,19?,31+/m1/s1. The summed E-state index contributed by atoms with van der Waals surface area (Å²) >= 11 is 0. The molecule has 2 aromatic carbocycles. The number of hydrogen-bond donors (Lipinski definition) is 3. The van der Waals surface area contributed by atoms with Crippen molar-refractivity contribution in [3.05, 3.63) is 47.7 Å². The molecule has 46 heavy (non-hydrogen) atoms. The second-order valence-corrected chi connectivity index (χ2v) is 13.5. The van der Waals surface area contributed by atoms with Crippen molar-refractivity contribution in [1.82, 2.24) is 24.6 Å². The molecule has 4 N–H and O–H groups in total. The Hall–Kier alpha value is -4.23. The number of aromatic nitrogens is 3. The Balaban J connectivity index is 1.36. The van der Waals surface area contributed by atoms with Gasteiger partial charge in [0.25, 0.3) is 10.2 Å². The normalized spacial score (nSPS) is 23.3. The van der Waals surface area contributed by atoms with Crippen LogP contribution in [-0.2, 0) is 10.2 Å². The summed E-state index contributed by atoms with van der Waals surface area (Å²) < 4.78 is 77.7. The largest absolute Gasteiger partial charge is 0.508 e. The van der Waals surface area contributed by atoms with E-state index in [-0.39, 0.29) is 63.8 Å². The van der Waals surface area contributed by atoms with Crippen molar-refractivity contribution >= 4 is 37.7 Å². The molecule has 2 aromatic heterocycles. The van der Waals surface area contributed by atoms with E-state index >= 15 is 4.39 Å². The highest BCUT2D eigenvalue weighted by Crippen LogP contribution is 2.42. The van der Waals surface area contributed by atoms with E-state index in [1.807, 2.05) is 0 Å². The fraction of sp³-hybridized carbons (Fsp3) is 0.387. The van der Waals surface area contributed by atoms with E-state index in [0.29, 0.717) is 31.3 Å². The first kappa shape index (κ1) is 30.4. The number of aromatic hydroxyl groups is 1. The van der Waals surface area contributed by atoms with Crippen LogP contribution in [0.2, 0.25) is 0 Å². The van der Waals surface area contributed by atoms with Gasteiger partial charge >= 0.3 is 6.01 Å². The van der Waals surface area contributed by atoms with E-state index in [2.05, 4.69) is 30.5 Å². The summed E-state index contributed by atoms with van der Waals surface area (Å²) in [6.07, 6.45) is 8.36. The molecule has 0 amide bonds. The van der Waals surface area contributed by atoms with Crippen LogP contribution in [0.15, 0.2) is 30.5 Å². The lowest BCUT2D eigenvalue weighted by Crippen LogP contribution is -2.43. The van der Waals surface area contributed by atoms with Crippen molar-refractivity contribution in [3.8, 4) is 35.4 Å². The zero-order valence-corrected chi connectivity index (χ0v) is 25.3. The highest BCUT2D eigenvalue weighted by Gasteiger charge is 2.49. The molecule has 3 saturated heterocycles. The molecular weight excluding hydrogens is 623 g/mol. The third-order valence-electron chi connectivity index (χ3n) is 9.14. The zero-order chi connectivity index (χ0) is 32.4. The first-order chi connectivity index (χ1) is 21.9. The maximum absolute atomic E-state index is 16.7. The van der Waals surface area contributed by atoms with Crippen molar-refractivity contribution < 1.29 is 31.4 Å². The molecule has 7 rings (SSSR count). The first-order valence-corrected chi connectivity index (χ1v) is 16.3. The number of nitrogens with two attached hydrogens (primary N) is 1. The maximum Gasteiger partial charge on any atom is 0.319 e. The van der Waals surface area contributed by atoms with Gasteiger partial charge in [0, 0.05) is 49.2 Å². The molecule has 0 bridgehead atoms. The lowest BCUT2D eigenvalue weighted by molar-refractivity contribution is 0.107. The average molecular weight is 654 g/mol. The molecule has 4 aromatic rings. The number of nitrogens with one attached hydrogen (secondary N) is 1. The predicted molar refractivity (Wildman–Crippen MR) is 165 cm³/mol. The van der Waals surface area contributed by atoms with Gasteiger partial charge < -0.3 is 14.7 Å². The van der Waals surface area contributed by atoms with Gasteiger partial charge in [-0.15, -0.1) is 6.42 Å². The summed E-state index contributed by atoms with van der Waals surface area (Å²) in [5.74, 6) is 0.775. The van der Waals surface area contributed by atoms with E-state index in [1.165, 1.54) is 30.5 Å². The molecule has 0 spiro atoms. The molecule has 3 aliphatic rings. The summed E-state index contributed by atoms with van der Waals surface area (Å²) in [6, 6.07) is 4.56. The van der Waals surface area contributed by atoms with E-state index in [4.69, 9.17) is 16.3 Å². The van der Waals surface area contributed by atoms with Crippen LogP contribution >= 0.6 is 0 Å². The average Bonchev–Trinajstić information content (AvgIpc) is 3.69. The van der Waals surface area contributed by atoms with Gasteiger partial charge in [0.15, 0.2) is 5.82 Å². The molecule has 1 unspecified atom stereocenters. The molecule has 3 aliphatic heterocycles. The Kier molecular flexibility index (Phi) is 7.43. The summed E-state index contributed by atoms with van der Waals surface area (Å²) in [4.78, 5) is 17.2. The number of anilines is 1. The van der Waals surface area contributed by atoms with Crippen molar-refractivity contribution in [1.29, 1.82) is 0 Å². The molecule has 240 valence electrons. The quantitative estimate of drug-likeness (QED) is 0.256. The number of benzene rings is 2. The smallest absolute Gasteiger partial charge is 0.319 e. The number of phenols is 1. The lowest BCUT2D eigenvalue weighted by atomic mass is 9.95. The summed E-state index contributed by atoms with van der Waals surface area (Å²) in [7, 11) is -3.97.